The maximum Gasteiger partial charge on any atom is 0.338 e. The number of para-hydroxylation sites is 1. The monoisotopic (exact) mass is 500 g/mol. The van der Waals surface area contributed by atoms with E-state index in [1.807, 2.05) is 35.2 Å². The van der Waals surface area contributed by atoms with Gasteiger partial charge in [0, 0.05) is 22.7 Å². The van der Waals surface area contributed by atoms with Crippen molar-refractivity contribution in [1.82, 2.24) is 0 Å². The van der Waals surface area contributed by atoms with Gasteiger partial charge in [-0.3, -0.25) is 4.21 Å². The zero-order valence-corrected chi connectivity index (χ0v) is 19.9. The van der Waals surface area contributed by atoms with E-state index in [1.54, 1.807) is 13.1 Å². The lowest BCUT2D eigenvalue weighted by atomic mass is 10.0. The predicted octanol–water partition coefficient (Wildman–Crippen LogP) is 6.17. The third-order valence-electron chi connectivity index (χ3n) is 5.29. The lowest BCUT2D eigenvalue weighted by molar-refractivity contribution is 0.0692. The highest BCUT2D eigenvalue weighted by Gasteiger charge is 2.20. The third-order valence-corrected chi connectivity index (χ3v) is 6.29. The van der Waals surface area contributed by atoms with Crippen molar-refractivity contribution in [2.75, 3.05) is 18.5 Å². The summed E-state index contributed by atoms with van der Waals surface area (Å²) in [4.78, 5) is 13.1. The van der Waals surface area contributed by atoms with E-state index < -0.39 is 28.4 Å². The van der Waals surface area contributed by atoms with E-state index >= 15 is 0 Å². The first-order valence-corrected chi connectivity index (χ1v) is 11.7. The zero-order chi connectivity index (χ0) is 24.8. The number of rotatable bonds is 10. The molecule has 3 aromatic rings. The summed E-state index contributed by atoms with van der Waals surface area (Å²) in [6.07, 6.45) is 2.34. The van der Waals surface area contributed by atoms with E-state index in [9.17, 15) is 23.1 Å². The van der Waals surface area contributed by atoms with E-state index in [2.05, 4.69) is 11.9 Å². The van der Waals surface area contributed by atoms with Crippen molar-refractivity contribution in [3.05, 3.63) is 95.0 Å². The molecule has 0 aliphatic carbocycles. The molecule has 3 rings (SSSR count). The normalized spacial score (nSPS) is 12.7. The minimum atomic E-state index is -2.66. The Kier molecular flexibility index (Phi) is 8.57. The molecule has 1 N–H and O–H groups in total. The Balaban J connectivity index is 2.19. The molecule has 0 heterocycles. The molecule has 0 bridgehead atoms. The van der Waals surface area contributed by atoms with Crippen LogP contribution in [0.3, 0.4) is 0 Å². The molecule has 0 spiro atoms. The van der Waals surface area contributed by atoms with Crippen LogP contribution in [0.1, 0.15) is 16.8 Å². The number of carboxylic acid groups (broad SMARTS) is 1. The minimum absolute atomic E-state index is 0.0436. The fraction of sp³-hybridized carbons (Fsp3) is 0.160. The molecule has 178 valence electrons. The Labute approximate surface area is 205 Å². The molecular formula is C25H22ClFN2O4S-2. The molecule has 0 fully saturated rings. The highest BCUT2D eigenvalue weighted by atomic mass is 35.5. The molecule has 1 unspecified atom stereocenters. The molecule has 0 radical (unpaired) electrons. The summed E-state index contributed by atoms with van der Waals surface area (Å²) < 4.78 is 38.5. The van der Waals surface area contributed by atoms with Gasteiger partial charge in [-0.1, -0.05) is 41.9 Å². The number of aromatic carboxylic acids is 1. The van der Waals surface area contributed by atoms with Gasteiger partial charge in [0.2, 0.25) is 0 Å². The van der Waals surface area contributed by atoms with Crippen LogP contribution in [0, 0.1) is 5.82 Å². The molecule has 0 aliphatic rings. The Morgan fingerprint density at radius 3 is 2.56 bits per heavy atom. The first-order chi connectivity index (χ1) is 16.3. The molecule has 6 nitrogen and oxygen atoms in total. The lowest BCUT2D eigenvalue weighted by Gasteiger charge is -2.36. The highest BCUT2D eigenvalue weighted by Crippen LogP contribution is 2.39. The third kappa shape index (κ3) is 5.71. The summed E-state index contributed by atoms with van der Waals surface area (Å²) in [5.74, 6) is -2.34. The highest BCUT2D eigenvalue weighted by molar-refractivity contribution is 7.79. The molecule has 3 aromatic carbocycles. The Hall–Kier alpha value is -3.04. The first-order valence-electron chi connectivity index (χ1n) is 10.2. The van der Waals surface area contributed by atoms with Crippen LogP contribution >= 0.6 is 11.6 Å². The van der Waals surface area contributed by atoms with E-state index in [4.69, 9.17) is 11.6 Å². The molecule has 2 atom stereocenters. The Morgan fingerprint density at radius 1 is 1.26 bits per heavy atom. The molecule has 0 aliphatic heterocycles. The zero-order valence-electron chi connectivity index (χ0n) is 18.3. The fourth-order valence-corrected chi connectivity index (χ4v) is 4.40. The maximum absolute atomic E-state index is 13.9. The topological polar surface area (TPSA) is 94.8 Å². The summed E-state index contributed by atoms with van der Waals surface area (Å²) in [6, 6.07) is 15.4. The molecular weight excluding hydrogens is 479 g/mol. The van der Waals surface area contributed by atoms with Gasteiger partial charge in [-0.05, 0) is 59.5 Å². The van der Waals surface area contributed by atoms with Gasteiger partial charge in [0.15, 0.2) is 0 Å². The standard InChI is InChI=1S/C25H23ClFN2O4S/c1-3-7-17(28-2)15-29(18-8-5-4-6-9-18)23-14-21(26)19(13-24(23)34(32)33)16-10-11-22(27)20(12-16)25(30)31/h3-6,8-14,17H,1,7,15H2,2H3,(H,30,31)(H,32,33)/q-1/p-1/t17-/m1/s1. The number of hydrogen-bond acceptors (Lipinski definition) is 4. The number of carbonyl (C=O) groups is 1. The first kappa shape index (κ1) is 25.6. The van der Waals surface area contributed by atoms with Crippen LogP contribution in [0.25, 0.3) is 16.4 Å². The van der Waals surface area contributed by atoms with Crippen molar-refractivity contribution in [2.45, 2.75) is 17.4 Å². The van der Waals surface area contributed by atoms with Gasteiger partial charge in [-0.2, -0.15) is 7.05 Å². The van der Waals surface area contributed by atoms with Gasteiger partial charge in [-0.25, -0.2) is 9.18 Å². The number of anilines is 2. The van der Waals surface area contributed by atoms with Crippen LogP contribution in [-0.4, -0.2) is 39.5 Å². The summed E-state index contributed by atoms with van der Waals surface area (Å²) >= 11 is 3.91. The van der Waals surface area contributed by atoms with Crippen LogP contribution in [0.15, 0.2) is 78.2 Å². The van der Waals surface area contributed by atoms with Crippen LogP contribution < -0.4 is 4.90 Å². The number of hydrogen-bond donors (Lipinski definition) is 1. The molecule has 34 heavy (non-hydrogen) atoms. The number of likely N-dealkylation sites (N-methyl/N-ethyl adjacent to an activating group) is 1. The smallest absolute Gasteiger partial charge is 0.338 e. The largest absolute Gasteiger partial charge is 0.768 e. The van der Waals surface area contributed by atoms with Crippen molar-refractivity contribution in [1.29, 1.82) is 0 Å². The Bertz CT molecular complexity index is 1220. The fourth-order valence-electron chi connectivity index (χ4n) is 3.58. The molecule has 0 aromatic heterocycles. The number of nitrogens with zero attached hydrogens (tertiary/aromatic N) is 2. The second-order valence-corrected chi connectivity index (χ2v) is 8.73. The van der Waals surface area contributed by atoms with Gasteiger partial charge in [0.1, 0.15) is 5.82 Å². The van der Waals surface area contributed by atoms with Gasteiger partial charge in [-0.15, -0.1) is 12.6 Å². The predicted molar refractivity (Wildman–Crippen MR) is 132 cm³/mol. The second-order valence-electron chi connectivity index (χ2n) is 7.42. The lowest BCUT2D eigenvalue weighted by Crippen LogP contribution is -2.28. The summed E-state index contributed by atoms with van der Waals surface area (Å²) in [5.41, 5.74) is 1.09. The molecule has 0 saturated carbocycles. The second kappa shape index (κ2) is 11.4. The summed E-state index contributed by atoms with van der Waals surface area (Å²) in [6.45, 7) is 4.13. The number of benzene rings is 3. The van der Waals surface area contributed by atoms with Crippen molar-refractivity contribution in [2.24, 2.45) is 0 Å². The summed E-state index contributed by atoms with van der Waals surface area (Å²) in [5, 5.41) is 13.8. The van der Waals surface area contributed by atoms with Gasteiger partial charge < -0.3 is 19.9 Å². The van der Waals surface area contributed by atoms with Crippen molar-refractivity contribution >= 4 is 40.0 Å². The minimum Gasteiger partial charge on any atom is -0.768 e. The average Bonchev–Trinajstić information content (AvgIpc) is 2.82. The van der Waals surface area contributed by atoms with E-state index in [0.717, 1.165) is 17.8 Å². The van der Waals surface area contributed by atoms with Crippen molar-refractivity contribution < 1.29 is 23.1 Å². The van der Waals surface area contributed by atoms with Crippen LogP contribution in [0.4, 0.5) is 15.8 Å². The van der Waals surface area contributed by atoms with E-state index in [-0.39, 0.29) is 27.1 Å². The molecule has 0 amide bonds. The van der Waals surface area contributed by atoms with Crippen LogP contribution in [0.2, 0.25) is 5.02 Å². The van der Waals surface area contributed by atoms with Gasteiger partial charge >= 0.3 is 5.97 Å². The van der Waals surface area contributed by atoms with Crippen LogP contribution in [0.5, 0.6) is 0 Å². The average molecular weight is 501 g/mol. The van der Waals surface area contributed by atoms with Gasteiger partial charge in [0.25, 0.3) is 0 Å². The maximum atomic E-state index is 13.9. The SMILES string of the molecule is C=CC[C@H](CN(c1ccccc1)c1cc(Cl)c(-c2ccc(F)c(C(=O)O)c2)cc1S(=O)[O-])[N-]C. The Morgan fingerprint density at radius 2 is 1.97 bits per heavy atom. The van der Waals surface area contributed by atoms with E-state index in [1.165, 1.54) is 18.2 Å². The molecule has 9 heteroatoms. The quantitative estimate of drug-likeness (QED) is 0.265. The van der Waals surface area contributed by atoms with E-state index in [0.29, 0.717) is 18.7 Å². The van der Waals surface area contributed by atoms with Crippen molar-refractivity contribution in [3.63, 3.8) is 0 Å². The molecule has 0 saturated heterocycles. The van der Waals surface area contributed by atoms with Crippen LogP contribution in [-0.2, 0) is 11.1 Å². The number of carboxylic acids is 1. The van der Waals surface area contributed by atoms with Crippen molar-refractivity contribution in [3.8, 4) is 11.1 Å². The summed E-state index contributed by atoms with van der Waals surface area (Å²) in [7, 11) is 1.69. The number of halogens is 2. The van der Waals surface area contributed by atoms with Gasteiger partial charge in [0.05, 0.1) is 16.3 Å².